The van der Waals surface area contributed by atoms with Crippen molar-refractivity contribution in [2.75, 3.05) is 5.32 Å². The normalized spacial score (nSPS) is 11.7. The Hall–Kier alpha value is -2.71. The van der Waals surface area contributed by atoms with Crippen LogP contribution < -0.4 is 10.6 Å². The van der Waals surface area contributed by atoms with Crippen molar-refractivity contribution in [1.29, 1.82) is 0 Å². The summed E-state index contributed by atoms with van der Waals surface area (Å²) in [4.78, 5) is 24.9. The van der Waals surface area contributed by atoms with E-state index in [4.69, 9.17) is 11.6 Å². The van der Waals surface area contributed by atoms with Crippen LogP contribution in [-0.2, 0) is 0 Å². The number of aromatic amines is 1. The first-order valence-corrected chi connectivity index (χ1v) is 9.40. The van der Waals surface area contributed by atoms with E-state index < -0.39 is 11.8 Å². The number of nitrogens with one attached hydrogen (secondary N) is 3. The molecule has 1 unspecified atom stereocenters. The molecule has 28 heavy (non-hydrogen) atoms. The standard InChI is InChI=1S/C19H15BrClFN4O2/c1-10(11-6-8-12(22)9-7-11)23-19(28)16-15(20)17(26-25-16)24-18(27)13-4-2-3-5-14(13)21/h2-10H,1H3,(H,23,28)(H2,24,25,26,27). The van der Waals surface area contributed by atoms with Crippen molar-refractivity contribution in [2.24, 2.45) is 0 Å². The summed E-state index contributed by atoms with van der Waals surface area (Å²) in [7, 11) is 0. The number of benzene rings is 2. The molecule has 3 rings (SSSR count). The minimum absolute atomic E-state index is 0.142. The van der Waals surface area contributed by atoms with Gasteiger partial charge < -0.3 is 10.6 Å². The second kappa shape index (κ2) is 8.53. The van der Waals surface area contributed by atoms with Crippen LogP contribution in [0.25, 0.3) is 0 Å². The first-order valence-electron chi connectivity index (χ1n) is 8.23. The highest BCUT2D eigenvalue weighted by Gasteiger charge is 2.21. The fraction of sp³-hybridized carbons (Fsp3) is 0.105. The van der Waals surface area contributed by atoms with Gasteiger partial charge >= 0.3 is 0 Å². The lowest BCUT2D eigenvalue weighted by Gasteiger charge is -2.13. The largest absolute Gasteiger partial charge is 0.344 e. The number of halogens is 3. The van der Waals surface area contributed by atoms with Crippen molar-refractivity contribution >= 4 is 45.2 Å². The van der Waals surface area contributed by atoms with Crippen LogP contribution >= 0.6 is 27.5 Å². The smallest absolute Gasteiger partial charge is 0.271 e. The number of hydrogen-bond acceptors (Lipinski definition) is 3. The zero-order valence-corrected chi connectivity index (χ0v) is 16.9. The highest BCUT2D eigenvalue weighted by atomic mass is 79.9. The van der Waals surface area contributed by atoms with Crippen LogP contribution in [0.3, 0.4) is 0 Å². The Bertz CT molecular complexity index is 1020. The molecular weight excluding hydrogens is 451 g/mol. The summed E-state index contributed by atoms with van der Waals surface area (Å²) in [5.41, 5.74) is 1.18. The number of rotatable bonds is 5. The quantitative estimate of drug-likeness (QED) is 0.510. The maximum atomic E-state index is 13.0. The predicted octanol–water partition coefficient (Wildman–Crippen LogP) is 4.71. The molecule has 3 N–H and O–H groups in total. The number of nitrogens with zero attached hydrogens (tertiary/aromatic N) is 1. The van der Waals surface area contributed by atoms with Gasteiger partial charge in [0, 0.05) is 0 Å². The second-order valence-corrected chi connectivity index (χ2v) is 7.14. The number of carbonyl (C=O) groups is 2. The Balaban J connectivity index is 1.71. The third-order valence-electron chi connectivity index (χ3n) is 4.00. The topological polar surface area (TPSA) is 86.9 Å². The molecule has 0 radical (unpaired) electrons. The molecule has 1 aromatic heterocycles. The van der Waals surface area contributed by atoms with Crippen molar-refractivity contribution in [3.8, 4) is 0 Å². The Morgan fingerprint density at radius 3 is 2.50 bits per heavy atom. The summed E-state index contributed by atoms with van der Waals surface area (Å²) in [5, 5.41) is 12.2. The summed E-state index contributed by atoms with van der Waals surface area (Å²) in [6, 6.07) is 12.1. The van der Waals surface area contributed by atoms with E-state index in [1.54, 1.807) is 43.3 Å². The zero-order chi connectivity index (χ0) is 20.3. The minimum atomic E-state index is -0.454. The molecule has 6 nitrogen and oxygen atoms in total. The summed E-state index contributed by atoms with van der Waals surface area (Å²) in [5.74, 6) is -1.08. The molecule has 0 aliphatic carbocycles. The van der Waals surface area contributed by atoms with Crippen molar-refractivity contribution in [3.05, 3.63) is 80.7 Å². The van der Waals surface area contributed by atoms with Gasteiger partial charge in [-0.1, -0.05) is 35.9 Å². The Morgan fingerprint density at radius 2 is 1.82 bits per heavy atom. The number of H-pyrrole nitrogens is 1. The number of hydrogen-bond donors (Lipinski definition) is 3. The van der Waals surface area contributed by atoms with E-state index in [0.29, 0.717) is 9.50 Å². The molecule has 0 spiro atoms. The lowest BCUT2D eigenvalue weighted by atomic mass is 10.1. The molecule has 1 heterocycles. The van der Waals surface area contributed by atoms with Crippen LogP contribution in [0.2, 0.25) is 5.02 Å². The van der Waals surface area contributed by atoms with Gasteiger partial charge in [0.15, 0.2) is 5.82 Å². The van der Waals surface area contributed by atoms with E-state index >= 15 is 0 Å². The second-order valence-electron chi connectivity index (χ2n) is 5.94. The Kier molecular flexibility index (Phi) is 6.11. The number of amides is 2. The molecule has 0 fully saturated rings. The Labute approximate surface area is 173 Å². The van der Waals surface area contributed by atoms with E-state index in [9.17, 15) is 14.0 Å². The monoisotopic (exact) mass is 464 g/mol. The van der Waals surface area contributed by atoms with Gasteiger partial charge in [0.2, 0.25) is 0 Å². The van der Waals surface area contributed by atoms with E-state index in [-0.39, 0.29) is 28.9 Å². The maximum absolute atomic E-state index is 13.0. The van der Waals surface area contributed by atoms with Crippen LogP contribution in [0.5, 0.6) is 0 Å². The van der Waals surface area contributed by atoms with Crippen LogP contribution in [0.1, 0.15) is 39.4 Å². The van der Waals surface area contributed by atoms with E-state index in [0.717, 1.165) is 5.56 Å². The van der Waals surface area contributed by atoms with Crippen LogP contribution in [0.15, 0.2) is 53.0 Å². The number of anilines is 1. The molecule has 0 aliphatic rings. The fourth-order valence-corrected chi connectivity index (χ4v) is 3.16. The fourth-order valence-electron chi connectivity index (χ4n) is 2.49. The zero-order valence-electron chi connectivity index (χ0n) is 14.6. The number of carbonyl (C=O) groups excluding carboxylic acids is 2. The van der Waals surface area contributed by atoms with Gasteiger partial charge in [0.1, 0.15) is 11.5 Å². The molecule has 0 aliphatic heterocycles. The van der Waals surface area contributed by atoms with Gasteiger partial charge in [-0.2, -0.15) is 5.10 Å². The molecular formula is C19H15BrClFN4O2. The first-order chi connectivity index (χ1) is 13.4. The van der Waals surface area contributed by atoms with Crippen LogP contribution in [0.4, 0.5) is 10.2 Å². The van der Waals surface area contributed by atoms with Crippen molar-refractivity contribution in [2.45, 2.75) is 13.0 Å². The summed E-state index contributed by atoms with van der Waals surface area (Å²) >= 11 is 9.29. The Morgan fingerprint density at radius 1 is 1.14 bits per heavy atom. The molecule has 2 aromatic carbocycles. The van der Waals surface area contributed by atoms with Crippen LogP contribution in [-0.4, -0.2) is 22.0 Å². The lowest BCUT2D eigenvalue weighted by molar-refractivity contribution is 0.0933. The van der Waals surface area contributed by atoms with E-state index in [2.05, 4.69) is 36.8 Å². The number of aromatic nitrogens is 2. The van der Waals surface area contributed by atoms with Gasteiger partial charge in [-0.15, -0.1) is 0 Å². The van der Waals surface area contributed by atoms with E-state index in [1.807, 2.05) is 0 Å². The SMILES string of the molecule is CC(NC(=O)c1[nH]nc(NC(=O)c2ccccc2Cl)c1Br)c1ccc(F)cc1. The van der Waals surface area contributed by atoms with Gasteiger partial charge in [-0.05, 0) is 52.7 Å². The maximum Gasteiger partial charge on any atom is 0.271 e. The predicted molar refractivity (Wildman–Crippen MR) is 108 cm³/mol. The molecule has 1 atom stereocenters. The first kappa shape index (κ1) is 20.0. The molecule has 144 valence electrons. The molecule has 0 saturated heterocycles. The average Bonchev–Trinajstić information content (AvgIpc) is 3.03. The third kappa shape index (κ3) is 4.40. The highest BCUT2D eigenvalue weighted by Crippen LogP contribution is 2.26. The van der Waals surface area contributed by atoms with Crippen molar-refractivity contribution in [3.63, 3.8) is 0 Å². The molecule has 0 bridgehead atoms. The minimum Gasteiger partial charge on any atom is -0.344 e. The third-order valence-corrected chi connectivity index (χ3v) is 5.10. The molecule has 3 aromatic rings. The van der Waals surface area contributed by atoms with Gasteiger partial charge in [0.25, 0.3) is 11.8 Å². The molecule has 9 heteroatoms. The van der Waals surface area contributed by atoms with Gasteiger partial charge in [-0.25, -0.2) is 4.39 Å². The summed E-state index contributed by atoms with van der Waals surface area (Å²) in [6.07, 6.45) is 0. The summed E-state index contributed by atoms with van der Waals surface area (Å²) < 4.78 is 13.3. The van der Waals surface area contributed by atoms with Crippen molar-refractivity contribution < 1.29 is 14.0 Å². The van der Waals surface area contributed by atoms with Crippen LogP contribution in [0, 0.1) is 5.82 Å². The van der Waals surface area contributed by atoms with Crippen molar-refractivity contribution in [1.82, 2.24) is 15.5 Å². The van der Waals surface area contributed by atoms with Gasteiger partial charge in [-0.3, -0.25) is 14.7 Å². The molecule has 2 amide bonds. The highest BCUT2D eigenvalue weighted by molar-refractivity contribution is 9.10. The summed E-state index contributed by atoms with van der Waals surface area (Å²) in [6.45, 7) is 1.77. The van der Waals surface area contributed by atoms with E-state index in [1.165, 1.54) is 12.1 Å². The average molecular weight is 466 g/mol. The lowest BCUT2D eigenvalue weighted by Crippen LogP contribution is -2.27. The molecule has 0 saturated carbocycles. The van der Waals surface area contributed by atoms with Gasteiger partial charge in [0.05, 0.1) is 21.1 Å².